The van der Waals surface area contributed by atoms with E-state index in [1.165, 1.54) is 11.7 Å². The molecule has 0 fully saturated rings. The lowest BCUT2D eigenvalue weighted by Gasteiger charge is -2.08. The number of sulfonamides is 1. The van der Waals surface area contributed by atoms with E-state index in [0.29, 0.717) is 32.0 Å². The van der Waals surface area contributed by atoms with E-state index in [0.717, 1.165) is 0 Å². The summed E-state index contributed by atoms with van der Waals surface area (Å²) >= 11 is 0. The van der Waals surface area contributed by atoms with Gasteiger partial charge >= 0.3 is 0 Å². The molecule has 0 atom stereocenters. The maximum Gasteiger partial charge on any atom is 0.273 e. The molecule has 1 rings (SSSR count). The van der Waals surface area contributed by atoms with Gasteiger partial charge in [0.05, 0.1) is 13.2 Å². The van der Waals surface area contributed by atoms with Gasteiger partial charge in [-0.2, -0.15) is 0 Å². The van der Waals surface area contributed by atoms with E-state index in [-0.39, 0.29) is 5.16 Å². The molecule has 0 saturated heterocycles. The first-order chi connectivity index (χ1) is 8.00. The first kappa shape index (κ1) is 14.0. The molecular formula is C8H16N4O4S. The van der Waals surface area contributed by atoms with Crippen LogP contribution in [0.2, 0.25) is 0 Å². The van der Waals surface area contributed by atoms with E-state index in [4.69, 9.17) is 14.6 Å². The van der Waals surface area contributed by atoms with Crippen molar-refractivity contribution in [2.24, 2.45) is 5.14 Å². The smallest absolute Gasteiger partial charge is 0.273 e. The van der Waals surface area contributed by atoms with Crippen molar-refractivity contribution >= 4 is 10.0 Å². The van der Waals surface area contributed by atoms with Crippen molar-refractivity contribution in [3.05, 3.63) is 5.82 Å². The topological polar surface area (TPSA) is 109 Å². The lowest BCUT2D eigenvalue weighted by Crippen LogP contribution is -2.21. The Kier molecular flexibility index (Phi) is 5.00. The van der Waals surface area contributed by atoms with Crippen molar-refractivity contribution in [2.45, 2.75) is 18.1 Å². The lowest BCUT2D eigenvalue weighted by molar-refractivity contribution is 0.179. The fourth-order valence-corrected chi connectivity index (χ4v) is 1.97. The highest BCUT2D eigenvalue weighted by molar-refractivity contribution is 7.89. The third kappa shape index (κ3) is 3.73. The number of nitrogens with zero attached hydrogens (tertiary/aromatic N) is 3. The largest absolute Gasteiger partial charge is 0.384 e. The summed E-state index contributed by atoms with van der Waals surface area (Å²) in [5.74, 6) is 0.507. The van der Waals surface area contributed by atoms with Gasteiger partial charge in [-0.05, 0) is 0 Å². The van der Waals surface area contributed by atoms with Crippen LogP contribution in [0.1, 0.15) is 5.82 Å². The molecule has 0 aliphatic heterocycles. The van der Waals surface area contributed by atoms with Gasteiger partial charge in [0.15, 0.2) is 0 Å². The summed E-state index contributed by atoms with van der Waals surface area (Å²) in [5.41, 5.74) is 0. The van der Waals surface area contributed by atoms with E-state index in [1.807, 2.05) is 0 Å². The minimum absolute atomic E-state index is 0.249. The zero-order chi connectivity index (χ0) is 12.9. The average Bonchev–Trinajstić information content (AvgIpc) is 2.66. The molecule has 1 heterocycles. The number of hydrogen-bond acceptors (Lipinski definition) is 6. The molecule has 0 aromatic carbocycles. The first-order valence-electron chi connectivity index (χ1n) is 4.93. The normalized spacial score (nSPS) is 11.9. The molecule has 0 unspecified atom stereocenters. The van der Waals surface area contributed by atoms with Crippen molar-refractivity contribution in [3.8, 4) is 0 Å². The summed E-state index contributed by atoms with van der Waals surface area (Å²) in [5, 5.41) is 12.2. The van der Waals surface area contributed by atoms with Gasteiger partial charge in [-0.3, -0.25) is 4.57 Å². The van der Waals surface area contributed by atoms with Crippen molar-refractivity contribution < 1.29 is 17.9 Å². The van der Waals surface area contributed by atoms with Crippen LogP contribution in [0.3, 0.4) is 0 Å². The molecule has 0 spiro atoms. The minimum atomic E-state index is -3.88. The van der Waals surface area contributed by atoms with Crippen LogP contribution in [0.4, 0.5) is 0 Å². The molecular weight excluding hydrogens is 248 g/mol. The molecule has 0 aliphatic carbocycles. The lowest BCUT2D eigenvalue weighted by atomic mass is 10.4. The Labute approximate surface area is 99.8 Å². The second-order valence-corrected chi connectivity index (χ2v) is 4.79. The summed E-state index contributed by atoms with van der Waals surface area (Å²) in [7, 11) is -0.799. The summed E-state index contributed by atoms with van der Waals surface area (Å²) in [6.07, 6.45) is 0.461. The van der Waals surface area contributed by atoms with Gasteiger partial charge in [0.2, 0.25) is 0 Å². The summed E-state index contributed by atoms with van der Waals surface area (Å²) in [6, 6.07) is 0. The van der Waals surface area contributed by atoms with Gasteiger partial charge in [-0.1, -0.05) is 0 Å². The predicted molar refractivity (Wildman–Crippen MR) is 58.9 cm³/mol. The van der Waals surface area contributed by atoms with Gasteiger partial charge in [0.1, 0.15) is 5.82 Å². The Bertz CT molecular complexity index is 456. The SMILES string of the molecule is COCCc1nnc(S(N)(=O)=O)n1CCOC. The molecule has 0 amide bonds. The molecule has 0 bridgehead atoms. The number of primary sulfonamides is 1. The summed E-state index contributed by atoms with van der Waals surface area (Å²) in [6.45, 7) is 1.10. The van der Waals surface area contributed by atoms with Crippen LogP contribution in [-0.2, 0) is 32.5 Å². The van der Waals surface area contributed by atoms with Crippen molar-refractivity contribution in [1.29, 1.82) is 0 Å². The van der Waals surface area contributed by atoms with E-state index in [1.54, 1.807) is 7.11 Å². The molecule has 0 radical (unpaired) electrons. The number of rotatable bonds is 7. The second-order valence-electron chi connectivity index (χ2n) is 3.33. The Morgan fingerprint density at radius 2 is 1.88 bits per heavy atom. The van der Waals surface area contributed by atoms with Crippen molar-refractivity contribution in [1.82, 2.24) is 14.8 Å². The molecule has 0 saturated carbocycles. The van der Waals surface area contributed by atoms with Crippen LogP contribution in [-0.4, -0.2) is 50.6 Å². The fraction of sp³-hybridized carbons (Fsp3) is 0.750. The third-order valence-corrected chi connectivity index (χ3v) is 2.91. The Morgan fingerprint density at radius 1 is 1.24 bits per heavy atom. The van der Waals surface area contributed by atoms with Crippen molar-refractivity contribution in [2.75, 3.05) is 27.4 Å². The van der Waals surface area contributed by atoms with Crippen LogP contribution in [0.25, 0.3) is 0 Å². The average molecular weight is 264 g/mol. The number of methoxy groups -OCH3 is 2. The van der Waals surface area contributed by atoms with Crippen LogP contribution in [0.15, 0.2) is 5.16 Å². The third-order valence-electron chi connectivity index (χ3n) is 2.10. The van der Waals surface area contributed by atoms with E-state index < -0.39 is 10.0 Å². The highest BCUT2D eigenvalue weighted by atomic mass is 32.2. The number of aromatic nitrogens is 3. The molecule has 9 heteroatoms. The molecule has 17 heavy (non-hydrogen) atoms. The molecule has 1 aromatic rings. The van der Waals surface area contributed by atoms with E-state index >= 15 is 0 Å². The minimum Gasteiger partial charge on any atom is -0.384 e. The Morgan fingerprint density at radius 3 is 2.41 bits per heavy atom. The maximum atomic E-state index is 11.3. The molecule has 2 N–H and O–H groups in total. The monoisotopic (exact) mass is 264 g/mol. The first-order valence-corrected chi connectivity index (χ1v) is 6.48. The summed E-state index contributed by atoms with van der Waals surface area (Å²) in [4.78, 5) is 0. The highest BCUT2D eigenvalue weighted by Crippen LogP contribution is 2.08. The quantitative estimate of drug-likeness (QED) is 0.659. The van der Waals surface area contributed by atoms with Crippen LogP contribution < -0.4 is 5.14 Å². The zero-order valence-electron chi connectivity index (χ0n) is 9.79. The fourth-order valence-electron chi connectivity index (χ4n) is 1.31. The van der Waals surface area contributed by atoms with E-state index in [2.05, 4.69) is 10.2 Å². The number of hydrogen-bond donors (Lipinski definition) is 1. The standard InChI is InChI=1S/C8H16N4O4S/c1-15-5-3-7-10-11-8(17(9,13)14)12(7)4-6-16-2/h3-6H2,1-2H3,(H2,9,13,14). The van der Waals surface area contributed by atoms with Crippen LogP contribution in [0.5, 0.6) is 0 Å². The van der Waals surface area contributed by atoms with E-state index in [9.17, 15) is 8.42 Å². The van der Waals surface area contributed by atoms with Gasteiger partial charge in [0, 0.05) is 27.2 Å². The van der Waals surface area contributed by atoms with Crippen LogP contribution >= 0.6 is 0 Å². The van der Waals surface area contributed by atoms with Crippen LogP contribution in [0, 0.1) is 0 Å². The highest BCUT2D eigenvalue weighted by Gasteiger charge is 2.20. The van der Waals surface area contributed by atoms with Gasteiger partial charge in [-0.15, -0.1) is 10.2 Å². The van der Waals surface area contributed by atoms with Gasteiger partial charge in [-0.25, -0.2) is 13.6 Å². The van der Waals surface area contributed by atoms with Gasteiger partial charge < -0.3 is 9.47 Å². The number of ether oxygens (including phenoxy) is 2. The van der Waals surface area contributed by atoms with Crippen molar-refractivity contribution in [3.63, 3.8) is 0 Å². The molecule has 98 valence electrons. The van der Waals surface area contributed by atoms with Gasteiger partial charge in [0.25, 0.3) is 15.2 Å². The molecule has 8 nitrogen and oxygen atoms in total. The summed E-state index contributed by atoms with van der Waals surface area (Å²) < 4.78 is 33.8. The Balaban J connectivity index is 3.02. The zero-order valence-corrected chi connectivity index (χ0v) is 10.6. The second kappa shape index (κ2) is 6.05. The molecule has 0 aliphatic rings. The predicted octanol–water partition coefficient (Wildman–Crippen LogP) is -1.24. The maximum absolute atomic E-state index is 11.3. The Hall–Kier alpha value is -1.03. The number of nitrogens with two attached hydrogens (primary N) is 1. The molecule has 1 aromatic heterocycles.